The lowest BCUT2D eigenvalue weighted by Crippen LogP contribution is -2.38. The molecule has 0 aromatic carbocycles. The van der Waals surface area contributed by atoms with Gasteiger partial charge in [-0.15, -0.1) is 0 Å². The minimum absolute atomic E-state index is 0.233. The molecule has 2 N–H and O–H groups in total. The Balaban J connectivity index is 2.22. The van der Waals surface area contributed by atoms with E-state index in [0.29, 0.717) is 6.54 Å². The van der Waals surface area contributed by atoms with Crippen molar-refractivity contribution in [2.75, 3.05) is 25.4 Å². The molecule has 0 radical (unpaired) electrons. The number of hydrogen-bond acceptors (Lipinski definition) is 3. The summed E-state index contributed by atoms with van der Waals surface area (Å²) in [6.45, 7) is 2.00. The summed E-state index contributed by atoms with van der Waals surface area (Å²) in [6, 6.07) is 0. The molecule has 0 bridgehead atoms. The minimum Gasteiger partial charge on any atom is -0.316 e. The van der Waals surface area contributed by atoms with Gasteiger partial charge in [-0.3, -0.25) is 0 Å². The van der Waals surface area contributed by atoms with E-state index in [9.17, 15) is 21.6 Å². The van der Waals surface area contributed by atoms with Gasteiger partial charge in [-0.05, 0) is 38.3 Å². The number of rotatable bonds is 6. The summed E-state index contributed by atoms with van der Waals surface area (Å²) in [5.41, 5.74) is 0. The largest absolute Gasteiger partial charge is 0.389 e. The molecule has 4 nitrogen and oxygen atoms in total. The average molecular weight is 288 g/mol. The van der Waals surface area contributed by atoms with E-state index in [-0.39, 0.29) is 12.3 Å². The molecule has 0 aromatic rings. The highest BCUT2D eigenvalue weighted by atomic mass is 32.2. The van der Waals surface area contributed by atoms with Crippen LogP contribution in [0, 0.1) is 5.92 Å². The normalized spacial score (nSPS) is 22.1. The molecule has 1 aliphatic rings. The molecule has 1 fully saturated rings. The van der Waals surface area contributed by atoms with Gasteiger partial charge in [-0.2, -0.15) is 13.2 Å². The number of nitrogens with one attached hydrogen (secondary N) is 2. The van der Waals surface area contributed by atoms with Crippen molar-refractivity contribution in [2.45, 2.75) is 31.9 Å². The molecule has 8 heteroatoms. The summed E-state index contributed by atoms with van der Waals surface area (Å²) in [5, 5.41) is 3.15. The van der Waals surface area contributed by atoms with E-state index in [0.717, 1.165) is 25.9 Å². The quantitative estimate of drug-likeness (QED) is 0.773. The maximum Gasteiger partial charge on any atom is 0.389 e. The van der Waals surface area contributed by atoms with Crippen LogP contribution >= 0.6 is 0 Å². The van der Waals surface area contributed by atoms with Gasteiger partial charge in [-0.1, -0.05) is 0 Å². The van der Waals surface area contributed by atoms with Crippen LogP contribution in [0.4, 0.5) is 13.2 Å². The fraction of sp³-hybridized carbons (Fsp3) is 1.00. The van der Waals surface area contributed by atoms with Gasteiger partial charge in [0.2, 0.25) is 10.0 Å². The second-order valence-corrected chi connectivity index (χ2v) is 6.52. The van der Waals surface area contributed by atoms with Gasteiger partial charge in [-0.25, -0.2) is 13.1 Å². The van der Waals surface area contributed by atoms with Crippen molar-refractivity contribution in [1.82, 2.24) is 10.0 Å². The monoisotopic (exact) mass is 288 g/mol. The van der Waals surface area contributed by atoms with Crippen LogP contribution in [0.25, 0.3) is 0 Å². The van der Waals surface area contributed by atoms with Crippen LogP contribution in [0.2, 0.25) is 0 Å². The first-order chi connectivity index (χ1) is 8.29. The molecule has 18 heavy (non-hydrogen) atoms. The number of hydrogen-bond donors (Lipinski definition) is 2. The maximum atomic E-state index is 11.9. The summed E-state index contributed by atoms with van der Waals surface area (Å²) in [6.07, 6.45) is -3.79. The molecular weight excluding hydrogens is 269 g/mol. The lowest BCUT2D eigenvalue weighted by Gasteiger charge is -2.22. The highest BCUT2D eigenvalue weighted by Gasteiger charge is 2.27. The minimum atomic E-state index is -4.29. The van der Waals surface area contributed by atoms with Gasteiger partial charge in [0.1, 0.15) is 0 Å². The maximum absolute atomic E-state index is 11.9. The number of sulfonamides is 1. The first kappa shape index (κ1) is 15.7. The molecular formula is C10H19F3N2O2S. The molecule has 1 atom stereocenters. The van der Waals surface area contributed by atoms with E-state index in [1.54, 1.807) is 0 Å². The number of piperidine rings is 1. The van der Waals surface area contributed by atoms with Crippen LogP contribution in [0.5, 0.6) is 0 Å². The summed E-state index contributed by atoms with van der Waals surface area (Å²) in [7, 11) is -3.58. The van der Waals surface area contributed by atoms with Gasteiger partial charge in [0.15, 0.2) is 0 Å². The highest BCUT2D eigenvalue weighted by Crippen LogP contribution is 2.21. The Morgan fingerprint density at radius 3 is 2.61 bits per heavy atom. The van der Waals surface area contributed by atoms with Crippen molar-refractivity contribution in [2.24, 2.45) is 5.92 Å². The fourth-order valence-corrected chi connectivity index (χ4v) is 3.04. The molecule has 1 unspecified atom stereocenters. The Morgan fingerprint density at radius 2 is 2.06 bits per heavy atom. The smallest absolute Gasteiger partial charge is 0.316 e. The highest BCUT2D eigenvalue weighted by molar-refractivity contribution is 7.89. The SMILES string of the molecule is O=S(=O)(CCCC(F)(F)F)NCC1CCCNC1. The van der Waals surface area contributed by atoms with Crippen LogP contribution in [0.3, 0.4) is 0 Å². The van der Waals surface area contributed by atoms with E-state index in [1.165, 1.54) is 0 Å². The molecule has 1 rings (SSSR count). The third-order valence-corrected chi connectivity index (χ3v) is 4.30. The van der Waals surface area contributed by atoms with Crippen molar-refractivity contribution in [3.8, 4) is 0 Å². The van der Waals surface area contributed by atoms with Crippen LogP contribution < -0.4 is 10.0 Å². The van der Waals surface area contributed by atoms with E-state index in [2.05, 4.69) is 10.0 Å². The summed E-state index contributed by atoms with van der Waals surface area (Å²) < 4.78 is 61.0. The van der Waals surface area contributed by atoms with Gasteiger partial charge >= 0.3 is 6.18 Å². The van der Waals surface area contributed by atoms with Crippen LogP contribution in [0.15, 0.2) is 0 Å². The fourth-order valence-electron chi connectivity index (χ4n) is 1.88. The van der Waals surface area contributed by atoms with Crippen LogP contribution in [0.1, 0.15) is 25.7 Å². The van der Waals surface area contributed by atoms with Gasteiger partial charge in [0, 0.05) is 13.0 Å². The van der Waals surface area contributed by atoms with Crippen LogP contribution in [-0.4, -0.2) is 40.0 Å². The molecule has 0 amide bonds. The number of halogens is 3. The zero-order valence-corrected chi connectivity index (χ0v) is 10.9. The predicted molar refractivity (Wildman–Crippen MR) is 62.7 cm³/mol. The van der Waals surface area contributed by atoms with Crippen molar-refractivity contribution >= 4 is 10.0 Å². The molecule has 0 spiro atoms. The Kier molecular flexibility index (Phi) is 5.87. The second kappa shape index (κ2) is 6.72. The van der Waals surface area contributed by atoms with E-state index < -0.39 is 28.4 Å². The number of alkyl halides is 3. The average Bonchev–Trinajstić information content (AvgIpc) is 2.26. The molecule has 108 valence electrons. The Hall–Kier alpha value is -0.340. The Bertz CT molecular complexity index is 338. The Labute approximate surface area is 105 Å². The lowest BCUT2D eigenvalue weighted by atomic mass is 10.0. The third kappa shape index (κ3) is 7.17. The molecule has 0 aliphatic carbocycles. The first-order valence-electron chi connectivity index (χ1n) is 6.03. The first-order valence-corrected chi connectivity index (χ1v) is 7.68. The van der Waals surface area contributed by atoms with Gasteiger partial charge < -0.3 is 5.32 Å². The molecule has 0 saturated carbocycles. The molecule has 1 saturated heterocycles. The van der Waals surface area contributed by atoms with Crippen molar-refractivity contribution in [1.29, 1.82) is 0 Å². The topological polar surface area (TPSA) is 58.2 Å². The third-order valence-electron chi connectivity index (χ3n) is 2.86. The zero-order valence-electron chi connectivity index (χ0n) is 10.1. The molecule has 0 aromatic heterocycles. The summed E-state index contributed by atoms with van der Waals surface area (Å²) in [5.74, 6) is -0.233. The zero-order chi connectivity index (χ0) is 13.6. The van der Waals surface area contributed by atoms with Crippen molar-refractivity contribution < 1.29 is 21.6 Å². The van der Waals surface area contributed by atoms with Gasteiger partial charge in [0.05, 0.1) is 5.75 Å². The van der Waals surface area contributed by atoms with Crippen molar-refractivity contribution in [3.05, 3.63) is 0 Å². The Morgan fingerprint density at radius 1 is 1.33 bits per heavy atom. The van der Waals surface area contributed by atoms with Crippen LogP contribution in [-0.2, 0) is 10.0 Å². The van der Waals surface area contributed by atoms with Crippen molar-refractivity contribution in [3.63, 3.8) is 0 Å². The summed E-state index contributed by atoms with van der Waals surface area (Å²) in [4.78, 5) is 0. The standard InChI is InChI=1S/C10H19F3N2O2S/c11-10(12,13)4-2-6-18(16,17)15-8-9-3-1-5-14-7-9/h9,14-15H,1-8H2. The summed E-state index contributed by atoms with van der Waals surface area (Å²) >= 11 is 0. The van der Waals surface area contributed by atoms with E-state index in [4.69, 9.17) is 0 Å². The van der Waals surface area contributed by atoms with E-state index in [1.807, 2.05) is 0 Å². The predicted octanol–water partition coefficient (Wildman–Crippen LogP) is 1.25. The van der Waals surface area contributed by atoms with Gasteiger partial charge in [0.25, 0.3) is 0 Å². The second-order valence-electron chi connectivity index (χ2n) is 4.60. The molecule has 1 aliphatic heterocycles. The molecule has 1 heterocycles. The van der Waals surface area contributed by atoms with E-state index >= 15 is 0 Å². The lowest BCUT2D eigenvalue weighted by molar-refractivity contribution is -0.134.